The van der Waals surface area contributed by atoms with Gasteiger partial charge in [0.2, 0.25) is 0 Å². The zero-order valence-corrected chi connectivity index (χ0v) is 40.2. The van der Waals surface area contributed by atoms with Gasteiger partial charge in [-0.2, -0.15) is 0 Å². The second kappa shape index (κ2) is 19.6. The van der Waals surface area contributed by atoms with E-state index in [4.69, 9.17) is 28.4 Å². The minimum atomic E-state index is -1.84. The fourth-order valence-corrected chi connectivity index (χ4v) is 14.0. The first-order valence-electron chi connectivity index (χ1n) is 24.4. The van der Waals surface area contributed by atoms with E-state index in [1.807, 2.05) is 0 Å². The van der Waals surface area contributed by atoms with Crippen LogP contribution in [0.3, 0.4) is 0 Å². The first kappa shape index (κ1) is 53.5. The minimum absolute atomic E-state index is 0.0482. The summed E-state index contributed by atoms with van der Waals surface area (Å²) in [7, 11) is 0. The molecule has 0 amide bonds. The molecule has 0 aromatic carbocycles. The van der Waals surface area contributed by atoms with Crippen LogP contribution in [0.15, 0.2) is 11.6 Å². The zero-order valence-electron chi connectivity index (χ0n) is 40.2. The molecule has 386 valence electrons. The first-order chi connectivity index (χ1) is 31.2. The molecule has 0 bridgehead atoms. The molecule has 3 saturated heterocycles. The maximum Gasteiger partial charge on any atom is 0.187 e. The monoisotopic (exact) mass is 961 g/mol. The number of aliphatic hydroxyl groups is 12. The van der Waals surface area contributed by atoms with Crippen molar-refractivity contribution >= 4 is 5.78 Å². The SMILES string of the molecule is C[C@@H](CC[C@@H](O[C@H]1O[C@@H](CO)[C@H](O)[C@@H](O)[C@@H]1O[C@@H]1O[C@H](CO)[C@H](O)[C@H](O)[C@@H]1O)C(C)(C)O)[C@@H]1CC[C@@]2(C)[C@@H]3CC=C4[C@H](CC[C@H](O[C@@H]5O[C@H](CO)[C@@H](O)[C@H](O)[C@@H]5O)C4(C)C)[C@]3(C)C(=O)C[C@]12C. The summed E-state index contributed by atoms with van der Waals surface area (Å²) in [5.74, 6) is 0.405. The van der Waals surface area contributed by atoms with E-state index in [-0.39, 0.29) is 46.7 Å². The zero-order chi connectivity index (χ0) is 49.5. The van der Waals surface area contributed by atoms with Crippen molar-refractivity contribution in [3.8, 4) is 0 Å². The smallest absolute Gasteiger partial charge is 0.187 e. The number of Topliss-reactive ketones (excluding diaryl/α,β-unsaturated/α-hetero) is 1. The highest BCUT2D eigenvalue weighted by molar-refractivity contribution is 5.88. The van der Waals surface area contributed by atoms with Crippen LogP contribution in [0.25, 0.3) is 0 Å². The number of aliphatic hydroxyl groups excluding tert-OH is 11. The highest BCUT2D eigenvalue weighted by atomic mass is 16.8. The average Bonchev–Trinajstić information content (AvgIpc) is 3.54. The molecular formula is C48H80O19. The van der Waals surface area contributed by atoms with Gasteiger partial charge >= 0.3 is 0 Å². The number of rotatable bonds is 14. The van der Waals surface area contributed by atoms with Crippen LogP contribution in [0.4, 0.5) is 0 Å². The molecule has 3 aliphatic heterocycles. The van der Waals surface area contributed by atoms with Crippen LogP contribution in [0.1, 0.15) is 107 Å². The van der Waals surface area contributed by atoms with Gasteiger partial charge in [-0.3, -0.25) is 4.79 Å². The van der Waals surface area contributed by atoms with E-state index in [0.29, 0.717) is 32.1 Å². The Kier molecular flexibility index (Phi) is 15.7. The quantitative estimate of drug-likeness (QED) is 0.0944. The summed E-state index contributed by atoms with van der Waals surface area (Å²) < 4.78 is 35.9. The third kappa shape index (κ3) is 9.04. The molecule has 0 spiro atoms. The lowest BCUT2D eigenvalue weighted by molar-refractivity contribution is -0.375. The Morgan fingerprint density at radius 1 is 0.687 bits per heavy atom. The maximum absolute atomic E-state index is 15.0. The molecule has 19 heteroatoms. The summed E-state index contributed by atoms with van der Waals surface area (Å²) in [5.41, 5.74) is -2.17. The van der Waals surface area contributed by atoms with Crippen molar-refractivity contribution in [2.24, 2.45) is 45.3 Å². The second-order valence-electron chi connectivity index (χ2n) is 22.8. The Morgan fingerprint density at radius 2 is 1.21 bits per heavy atom. The molecule has 0 aromatic rings. The summed E-state index contributed by atoms with van der Waals surface area (Å²) in [6.07, 6.45) is -17.4. The van der Waals surface area contributed by atoms with Gasteiger partial charge in [0.1, 0.15) is 79.0 Å². The molecular weight excluding hydrogens is 881 g/mol. The largest absolute Gasteiger partial charge is 0.394 e. The van der Waals surface area contributed by atoms with E-state index in [9.17, 15) is 61.3 Å². The number of ketones is 1. The molecule has 12 N–H and O–H groups in total. The molecule has 19 nitrogen and oxygen atoms in total. The number of hydrogen-bond donors (Lipinski definition) is 12. The lowest BCUT2D eigenvalue weighted by atomic mass is 9.38. The molecule has 6 fully saturated rings. The van der Waals surface area contributed by atoms with Crippen molar-refractivity contribution in [3.63, 3.8) is 0 Å². The topological polar surface area (TPSA) is 315 Å². The van der Waals surface area contributed by atoms with Gasteiger partial charge in [0.05, 0.1) is 37.6 Å². The van der Waals surface area contributed by atoms with Gasteiger partial charge < -0.3 is 89.7 Å². The Hall–Kier alpha value is -1.31. The fraction of sp³-hybridized carbons (Fsp3) is 0.938. The number of hydrogen-bond acceptors (Lipinski definition) is 19. The van der Waals surface area contributed by atoms with Crippen LogP contribution in [-0.4, -0.2) is 197 Å². The molecule has 7 rings (SSSR count). The van der Waals surface area contributed by atoms with E-state index in [2.05, 4.69) is 47.6 Å². The third-order valence-corrected chi connectivity index (χ3v) is 18.4. The predicted molar refractivity (Wildman–Crippen MR) is 234 cm³/mol. The van der Waals surface area contributed by atoms with Crippen molar-refractivity contribution in [1.82, 2.24) is 0 Å². The average molecular weight is 961 g/mol. The van der Waals surface area contributed by atoms with Gasteiger partial charge in [0.25, 0.3) is 0 Å². The van der Waals surface area contributed by atoms with Crippen LogP contribution < -0.4 is 0 Å². The van der Waals surface area contributed by atoms with E-state index >= 15 is 4.79 Å². The number of ether oxygens (including phenoxy) is 6. The summed E-state index contributed by atoms with van der Waals surface area (Å²) in [5, 5.41) is 126. The summed E-state index contributed by atoms with van der Waals surface area (Å²) in [6.45, 7) is 14.2. The molecule has 4 aliphatic carbocycles. The number of allylic oxidation sites excluding steroid dienone is 1. The van der Waals surface area contributed by atoms with E-state index < -0.39 is 141 Å². The first-order valence-corrected chi connectivity index (χ1v) is 24.4. The minimum Gasteiger partial charge on any atom is -0.394 e. The summed E-state index contributed by atoms with van der Waals surface area (Å²) >= 11 is 0. The van der Waals surface area contributed by atoms with Crippen molar-refractivity contribution in [3.05, 3.63) is 11.6 Å². The predicted octanol–water partition coefficient (Wildman–Crippen LogP) is -0.848. The Balaban J connectivity index is 1.06. The van der Waals surface area contributed by atoms with Crippen LogP contribution in [0.2, 0.25) is 0 Å². The van der Waals surface area contributed by atoms with Crippen molar-refractivity contribution in [1.29, 1.82) is 0 Å². The lowest BCUT2D eigenvalue weighted by Gasteiger charge is -2.65. The Bertz CT molecular complexity index is 1750. The normalized spacial score (nSPS) is 49.9. The number of carbonyl (C=O) groups is 1. The molecule has 0 unspecified atom stereocenters. The van der Waals surface area contributed by atoms with Gasteiger partial charge in [-0.05, 0) is 93.3 Å². The van der Waals surface area contributed by atoms with E-state index in [0.717, 1.165) is 18.4 Å². The van der Waals surface area contributed by atoms with Gasteiger partial charge in [-0.25, -0.2) is 0 Å². The second-order valence-corrected chi connectivity index (χ2v) is 22.8. The van der Waals surface area contributed by atoms with Crippen LogP contribution in [0, 0.1) is 45.3 Å². The number of fused-ring (bicyclic) bond motifs is 5. The third-order valence-electron chi connectivity index (χ3n) is 18.4. The van der Waals surface area contributed by atoms with Crippen molar-refractivity contribution < 1.29 is 94.5 Å². The molecule has 7 aliphatic rings. The van der Waals surface area contributed by atoms with Gasteiger partial charge in [0.15, 0.2) is 18.9 Å². The Morgan fingerprint density at radius 3 is 1.75 bits per heavy atom. The van der Waals surface area contributed by atoms with E-state index in [1.54, 1.807) is 13.8 Å². The van der Waals surface area contributed by atoms with Crippen molar-refractivity contribution in [2.75, 3.05) is 19.8 Å². The molecule has 3 heterocycles. The van der Waals surface area contributed by atoms with Crippen LogP contribution >= 0.6 is 0 Å². The summed E-state index contributed by atoms with van der Waals surface area (Å²) in [4.78, 5) is 15.0. The molecule has 67 heavy (non-hydrogen) atoms. The highest BCUT2D eigenvalue weighted by Gasteiger charge is 2.70. The number of carbonyl (C=O) groups excluding carboxylic acids is 1. The van der Waals surface area contributed by atoms with Gasteiger partial charge in [0, 0.05) is 17.3 Å². The summed E-state index contributed by atoms with van der Waals surface area (Å²) in [6, 6.07) is 0. The van der Waals surface area contributed by atoms with Crippen LogP contribution in [0.5, 0.6) is 0 Å². The lowest BCUT2D eigenvalue weighted by Crippen LogP contribution is -2.65. The maximum atomic E-state index is 15.0. The molecule has 0 aromatic heterocycles. The molecule has 3 saturated carbocycles. The Labute approximate surface area is 393 Å². The fourth-order valence-electron chi connectivity index (χ4n) is 14.0. The van der Waals surface area contributed by atoms with Crippen LogP contribution in [-0.2, 0) is 33.2 Å². The highest BCUT2D eigenvalue weighted by Crippen LogP contribution is 2.74. The van der Waals surface area contributed by atoms with E-state index in [1.165, 1.54) is 0 Å². The standard InChI is InChI=1S/C48H80O19/c1-21(9-13-31(45(4,5)61)66-43-40(37(58)34(55)27(20-51)64-43)67-42-39(60)36(57)33(54)26(19-50)63-42)22-15-16-46(6)28-12-10-23-24(48(28,8)29(52)17-47(22,46)7)11-14-30(44(23,2)3)65-41-38(59)35(56)32(53)25(18-49)62-41/h10,21-22,24-28,30-43,49-51,53-61H,9,11-20H2,1-8H3/t21-,22-,24-,25+,26+,27-,28-,30-,31+,32+,33-,34-,35-,36-,37+,38-,39-,40-,41-,42-,43+,46-,47+,48-/m0/s1. The molecule has 0 radical (unpaired) electrons. The van der Waals surface area contributed by atoms with Gasteiger partial charge in [-0.1, -0.05) is 53.2 Å². The van der Waals surface area contributed by atoms with Crippen molar-refractivity contribution in [2.45, 2.75) is 217 Å². The molecule has 24 atom stereocenters. The van der Waals surface area contributed by atoms with Gasteiger partial charge in [-0.15, -0.1) is 0 Å².